The zero-order chi connectivity index (χ0) is 14.7. The summed E-state index contributed by atoms with van der Waals surface area (Å²) in [5, 5.41) is 5.73. The average Bonchev–Trinajstić information content (AvgIpc) is 2.80. The van der Waals surface area contributed by atoms with Crippen LogP contribution in [-0.2, 0) is 0 Å². The number of nitrogens with one attached hydrogen (secondary N) is 2. The molecule has 2 aromatic rings. The zero-order valence-electron chi connectivity index (χ0n) is 12.3. The molecule has 1 aromatic heterocycles. The lowest BCUT2D eigenvalue weighted by Gasteiger charge is -2.14. The molecule has 2 rings (SSSR count). The highest BCUT2D eigenvalue weighted by atomic mass is 16.3. The van der Waals surface area contributed by atoms with E-state index in [4.69, 9.17) is 4.42 Å². The Kier molecular flexibility index (Phi) is 4.13. The molecular weight excluding hydrogens is 252 g/mol. The van der Waals surface area contributed by atoms with Gasteiger partial charge in [-0.15, -0.1) is 0 Å². The van der Waals surface area contributed by atoms with E-state index in [1.165, 1.54) is 0 Å². The summed E-state index contributed by atoms with van der Waals surface area (Å²) in [6.07, 6.45) is 0. The van der Waals surface area contributed by atoms with Gasteiger partial charge in [-0.2, -0.15) is 0 Å². The second-order valence-corrected chi connectivity index (χ2v) is 5.09. The van der Waals surface area contributed by atoms with Crippen LogP contribution >= 0.6 is 0 Å². The van der Waals surface area contributed by atoms with Crippen molar-refractivity contribution >= 4 is 11.7 Å². The highest BCUT2D eigenvalue weighted by Crippen LogP contribution is 2.18. The predicted molar refractivity (Wildman–Crippen MR) is 79.9 cm³/mol. The number of aryl methyl sites for hydroxylation is 3. The topological polar surface area (TPSA) is 54.3 Å². The first-order chi connectivity index (χ1) is 9.45. The first-order valence-electron chi connectivity index (χ1n) is 6.67. The molecule has 106 valence electrons. The Hall–Kier alpha value is -2.23. The van der Waals surface area contributed by atoms with Crippen LogP contribution in [0.15, 0.2) is 34.7 Å². The minimum atomic E-state index is -0.236. The lowest BCUT2D eigenvalue weighted by Crippen LogP contribution is -2.31. The molecule has 0 aliphatic heterocycles. The number of furan rings is 1. The fraction of sp³-hybridized carbons (Fsp3) is 0.312. The number of urea groups is 1. The van der Waals surface area contributed by atoms with Gasteiger partial charge < -0.3 is 15.1 Å². The summed E-state index contributed by atoms with van der Waals surface area (Å²) in [6, 6.07) is 9.32. The molecule has 1 heterocycles. The van der Waals surface area contributed by atoms with Crippen LogP contribution in [0.4, 0.5) is 10.5 Å². The summed E-state index contributed by atoms with van der Waals surface area (Å²) < 4.78 is 5.50. The van der Waals surface area contributed by atoms with E-state index in [2.05, 4.69) is 10.6 Å². The quantitative estimate of drug-likeness (QED) is 0.884. The van der Waals surface area contributed by atoms with Gasteiger partial charge in [0, 0.05) is 5.69 Å². The molecule has 0 unspecified atom stereocenters. The van der Waals surface area contributed by atoms with E-state index in [-0.39, 0.29) is 12.1 Å². The molecule has 2 N–H and O–H groups in total. The molecule has 0 saturated carbocycles. The fourth-order valence-corrected chi connectivity index (χ4v) is 1.98. The summed E-state index contributed by atoms with van der Waals surface area (Å²) in [5.41, 5.74) is 2.97. The number of anilines is 1. The Morgan fingerprint density at radius 2 is 1.90 bits per heavy atom. The summed E-state index contributed by atoms with van der Waals surface area (Å²) in [5.74, 6) is 1.59. The molecule has 0 saturated heterocycles. The van der Waals surface area contributed by atoms with Gasteiger partial charge in [0.25, 0.3) is 0 Å². The van der Waals surface area contributed by atoms with E-state index >= 15 is 0 Å². The van der Waals surface area contributed by atoms with Crippen LogP contribution in [0.5, 0.6) is 0 Å². The Bertz CT molecular complexity index is 617. The van der Waals surface area contributed by atoms with Gasteiger partial charge in [0.2, 0.25) is 0 Å². The molecule has 1 atom stereocenters. The maximum Gasteiger partial charge on any atom is 0.319 e. The highest BCUT2D eigenvalue weighted by molar-refractivity contribution is 5.90. The van der Waals surface area contributed by atoms with Gasteiger partial charge in [-0.1, -0.05) is 12.1 Å². The van der Waals surface area contributed by atoms with E-state index < -0.39 is 0 Å². The first-order valence-corrected chi connectivity index (χ1v) is 6.67. The Labute approximate surface area is 119 Å². The number of amides is 2. The molecule has 0 fully saturated rings. The molecule has 0 aliphatic rings. The number of benzene rings is 1. The third-order valence-electron chi connectivity index (χ3n) is 3.18. The summed E-state index contributed by atoms with van der Waals surface area (Å²) in [7, 11) is 0. The number of carbonyl (C=O) groups is 1. The SMILES string of the molecule is Cc1ccc(C)c(NC(=O)N[C@@H](C)c2ccc(C)o2)c1. The van der Waals surface area contributed by atoms with Gasteiger partial charge in [0.05, 0.1) is 6.04 Å². The smallest absolute Gasteiger partial charge is 0.319 e. The Morgan fingerprint density at radius 3 is 2.55 bits per heavy atom. The molecule has 2 amide bonds. The van der Waals surface area contributed by atoms with Crippen molar-refractivity contribution in [3.05, 3.63) is 53.0 Å². The summed E-state index contributed by atoms with van der Waals surface area (Å²) in [4.78, 5) is 12.0. The van der Waals surface area contributed by atoms with Crippen molar-refractivity contribution in [3.8, 4) is 0 Å². The highest BCUT2D eigenvalue weighted by Gasteiger charge is 2.13. The lowest BCUT2D eigenvalue weighted by atomic mass is 10.1. The van der Waals surface area contributed by atoms with Crippen molar-refractivity contribution in [3.63, 3.8) is 0 Å². The van der Waals surface area contributed by atoms with Crippen molar-refractivity contribution in [1.82, 2.24) is 5.32 Å². The third-order valence-corrected chi connectivity index (χ3v) is 3.18. The average molecular weight is 272 g/mol. The van der Waals surface area contributed by atoms with Crippen molar-refractivity contribution in [1.29, 1.82) is 0 Å². The maximum atomic E-state index is 12.0. The number of rotatable bonds is 3. The summed E-state index contributed by atoms with van der Waals surface area (Å²) >= 11 is 0. The van der Waals surface area contributed by atoms with E-state index in [0.717, 1.165) is 28.3 Å². The van der Waals surface area contributed by atoms with Gasteiger partial charge in [0.1, 0.15) is 11.5 Å². The van der Waals surface area contributed by atoms with Crippen LogP contribution < -0.4 is 10.6 Å². The number of hydrogen-bond acceptors (Lipinski definition) is 2. The molecule has 4 heteroatoms. The van der Waals surface area contributed by atoms with Crippen molar-refractivity contribution < 1.29 is 9.21 Å². The predicted octanol–water partition coefficient (Wildman–Crippen LogP) is 4.09. The molecule has 4 nitrogen and oxygen atoms in total. The minimum Gasteiger partial charge on any atom is -0.464 e. The molecule has 0 radical (unpaired) electrons. The van der Waals surface area contributed by atoms with Crippen molar-refractivity contribution in [2.45, 2.75) is 33.7 Å². The van der Waals surface area contributed by atoms with Gasteiger partial charge in [-0.05, 0) is 57.0 Å². The molecule has 0 bridgehead atoms. The Balaban J connectivity index is 2.00. The molecule has 0 spiro atoms. The van der Waals surface area contributed by atoms with E-state index in [1.54, 1.807) is 0 Å². The standard InChI is InChI=1S/C16H20N2O2/c1-10-5-6-11(2)14(9-10)18-16(19)17-13(4)15-8-7-12(3)20-15/h5-9,13H,1-4H3,(H2,17,18,19)/t13-/m0/s1. The summed E-state index contributed by atoms with van der Waals surface area (Å²) in [6.45, 7) is 7.73. The fourth-order valence-electron chi connectivity index (χ4n) is 1.98. The molecule has 0 aliphatic carbocycles. The molecular formula is C16H20N2O2. The second kappa shape index (κ2) is 5.82. The van der Waals surface area contributed by atoms with Crippen LogP contribution in [-0.4, -0.2) is 6.03 Å². The van der Waals surface area contributed by atoms with Gasteiger partial charge >= 0.3 is 6.03 Å². The van der Waals surface area contributed by atoms with E-state index in [9.17, 15) is 4.79 Å². The second-order valence-electron chi connectivity index (χ2n) is 5.09. The lowest BCUT2D eigenvalue weighted by molar-refractivity contribution is 0.247. The van der Waals surface area contributed by atoms with Crippen molar-refractivity contribution in [2.75, 3.05) is 5.32 Å². The largest absolute Gasteiger partial charge is 0.464 e. The normalized spacial score (nSPS) is 12.0. The van der Waals surface area contributed by atoms with Gasteiger partial charge in [-0.25, -0.2) is 4.79 Å². The molecule has 20 heavy (non-hydrogen) atoms. The van der Waals surface area contributed by atoms with Crippen LogP contribution in [0.25, 0.3) is 0 Å². The minimum absolute atomic E-state index is 0.172. The van der Waals surface area contributed by atoms with Crippen LogP contribution in [0.1, 0.15) is 35.6 Å². The number of carbonyl (C=O) groups excluding carboxylic acids is 1. The zero-order valence-corrected chi connectivity index (χ0v) is 12.3. The molecule has 1 aromatic carbocycles. The van der Waals surface area contributed by atoms with E-state index in [0.29, 0.717) is 0 Å². The third kappa shape index (κ3) is 3.41. The van der Waals surface area contributed by atoms with Gasteiger partial charge in [-0.3, -0.25) is 0 Å². The van der Waals surface area contributed by atoms with Gasteiger partial charge in [0.15, 0.2) is 0 Å². The van der Waals surface area contributed by atoms with Crippen LogP contribution in [0, 0.1) is 20.8 Å². The first kappa shape index (κ1) is 14.2. The monoisotopic (exact) mass is 272 g/mol. The maximum absolute atomic E-state index is 12.0. The van der Waals surface area contributed by atoms with Crippen LogP contribution in [0.3, 0.4) is 0 Å². The van der Waals surface area contributed by atoms with E-state index in [1.807, 2.05) is 58.0 Å². The van der Waals surface area contributed by atoms with Crippen molar-refractivity contribution in [2.24, 2.45) is 0 Å². The van der Waals surface area contributed by atoms with Crippen LogP contribution in [0.2, 0.25) is 0 Å². The Morgan fingerprint density at radius 1 is 1.15 bits per heavy atom. The number of hydrogen-bond donors (Lipinski definition) is 2.